The maximum Gasteiger partial charge on any atom is 0.111 e. The number of imidazole rings is 1. The van der Waals surface area contributed by atoms with Gasteiger partial charge in [0.05, 0.1) is 11.2 Å². The highest BCUT2D eigenvalue weighted by molar-refractivity contribution is 5.11. The highest BCUT2D eigenvalue weighted by Gasteiger charge is 2.56. The van der Waals surface area contributed by atoms with Gasteiger partial charge in [-0.1, -0.05) is 6.92 Å². The summed E-state index contributed by atoms with van der Waals surface area (Å²) in [5.41, 5.74) is -1.72. The van der Waals surface area contributed by atoms with Gasteiger partial charge in [-0.15, -0.1) is 0 Å². The van der Waals surface area contributed by atoms with Crippen LogP contribution in [0.1, 0.15) is 53.3 Å². The van der Waals surface area contributed by atoms with Gasteiger partial charge in [0, 0.05) is 31.8 Å². The normalized spacial score (nSPS) is 28.7. The van der Waals surface area contributed by atoms with E-state index < -0.39 is 11.2 Å². The van der Waals surface area contributed by atoms with Crippen LogP contribution in [-0.2, 0) is 17.7 Å². The Kier molecular flexibility index (Phi) is 3.52. The van der Waals surface area contributed by atoms with E-state index in [1.807, 2.05) is 40.1 Å². The lowest BCUT2D eigenvalue weighted by molar-refractivity contribution is -0.126. The van der Waals surface area contributed by atoms with E-state index in [0.29, 0.717) is 12.8 Å². The first-order valence-corrected chi connectivity index (χ1v) is 7.12. The monoisotopic (exact) mass is 266 g/mol. The van der Waals surface area contributed by atoms with Gasteiger partial charge in [-0.2, -0.15) is 0 Å². The van der Waals surface area contributed by atoms with E-state index in [0.717, 1.165) is 18.8 Å². The van der Waals surface area contributed by atoms with Gasteiger partial charge in [0.25, 0.3) is 0 Å². The maximum absolute atomic E-state index is 11.0. The van der Waals surface area contributed by atoms with Crippen LogP contribution in [0, 0.1) is 0 Å². The van der Waals surface area contributed by atoms with Crippen molar-refractivity contribution in [1.29, 1.82) is 0 Å². The molecule has 1 atom stereocenters. The fraction of sp³-hybridized carbons (Fsp3) is 0.800. The molecule has 1 aromatic rings. The molecule has 0 bridgehead atoms. The number of hydrogen-bond donors (Lipinski definition) is 1. The van der Waals surface area contributed by atoms with E-state index in [9.17, 15) is 5.11 Å². The average molecular weight is 266 g/mol. The molecule has 108 valence electrons. The minimum absolute atomic E-state index is 0.291. The van der Waals surface area contributed by atoms with Gasteiger partial charge in [-0.3, -0.25) is 0 Å². The first kappa shape index (κ1) is 14.5. The molecule has 2 rings (SSSR count). The number of aromatic nitrogens is 2. The molecule has 1 fully saturated rings. The Morgan fingerprint density at radius 3 is 2.58 bits per heavy atom. The molecule has 1 unspecified atom stereocenters. The van der Waals surface area contributed by atoms with Gasteiger partial charge in [0.2, 0.25) is 0 Å². The predicted molar refractivity (Wildman–Crippen MR) is 75.0 cm³/mol. The lowest BCUT2D eigenvalue weighted by Crippen LogP contribution is -2.48. The van der Waals surface area contributed by atoms with Gasteiger partial charge in [0.15, 0.2) is 0 Å². The zero-order valence-electron chi connectivity index (χ0n) is 12.7. The second-order valence-electron chi connectivity index (χ2n) is 6.79. The Balaban J connectivity index is 2.24. The molecule has 0 aromatic carbocycles. The van der Waals surface area contributed by atoms with E-state index in [4.69, 9.17) is 4.74 Å². The molecule has 1 aliphatic rings. The fourth-order valence-corrected chi connectivity index (χ4v) is 3.23. The van der Waals surface area contributed by atoms with Crippen LogP contribution >= 0.6 is 0 Å². The number of hydrogen-bond acceptors (Lipinski definition) is 3. The van der Waals surface area contributed by atoms with Crippen molar-refractivity contribution in [3.8, 4) is 0 Å². The smallest absolute Gasteiger partial charge is 0.111 e. The molecule has 0 radical (unpaired) electrons. The maximum atomic E-state index is 11.0. The van der Waals surface area contributed by atoms with Crippen molar-refractivity contribution in [3.63, 3.8) is 0 Å². The Labute approximate surface area is 115 Å². The van der Waals surface area contributed by atoms with Crippen molar-refractivity contribution in [2.24, 2.45) is 0 Å². The Bertz CT molecular complexity index is 451. The van der Waals surface area contributed by atoms with Crippen LogP contribution in [0.5, 0.6) is 0 Å². The highest BCUT2D eigenvalue weighted by atomic mass is 16.5. The molecule has 1 saturated heterocycles. The van der Waals surface area contributed by atoms with E-state index in [-0.39, 0.29) is 5.60 Å². The van der Waals surface area contributed by atoms with Gasteiger partial charge in [0.1, 0.15) is 11.4 Å². The van der Waals surface area contributed by atoms with Crippen LogP contribution in [0.15, 0.2) is 12.4 Å². The standard InChI is InChI=1S/C15H26N2O2/c1-6-8-17-9-7-16-12(17)10-15(18)11-13(2,3)19-14(15,4)5/h7,9,18H,6,8,10-11H2,1-5H3. The molecule has 1 aromatic heterocycles. The number of nitrogens with zero attached hydrogens (tertiary/aromatic N) is 2. The summed E-state index contributed by atoms with van der Waals surface area (Å²) < 4.78 is 8.14. The molecule has 19 heavy (non-hydrogen) atoms. The predicted octanol–water partition coefficient (Wildman–Crippen LogP) is 2.54. The molecular weight excluding hydrogens is 240 g/mol. The van der Waals surface area contributed by atoms with Crippen LogP contribution in [0.25, 0.3) is 0 Å². The van der Waals surface area contributed by atoms with Crippen LogP contribution in [0.2, 0.25) is 0 Å². The molecular formula is C15H26N2O2. The topological polar surface area (TPSA) is 47.3 Å². The minimum Gasteiger partial charge on any atom is -0.386 e. The lowest BCUT2D eigenvalue weighted by atomic mass is 9.80. The number of aryl methyl sites for hydroxylation is 1. The van der Waals surface area contributed by atoms with Crippen LogP contribution in [0.4, 0.5) is 0 Å². The summed E-state index contributed by atoms with van der Waals surface area (Å²) >= 11 is 0. The highest BCUT2D eigenvalue weighted by Crippen LogP contribution is 2.46. The van der Waals surface area contributed by atoms with Crippen LogP contribution in [0.3, 0.4) is 0 Å². The fourth-order valence-electron chi connectivity index (χ4n) is 3.23. The van der Waals surface area contributed by atoms with E-state index in [2.05, 4.69) is 16.5 Å². The van der Waals surface area contributed by atoms with Gasteiger partial charge >= 0.3 is 0 Å². The molecule has 0 amide bonds. The second-order valence-corrected chi connectivity index (χ2v) is 6.79. The summed E-state index contributed by atoms with van der Waals surface area (Å²) in [5, 5.41) is 11.0. The summed E-state index contributed by atoms with van der Waals surface area (Å²) in [5.74, 6) is 0.943. The molecule has 1 N–H and O–H groups in total. The molecule has 2 heterocycles. The van der Waals surface area contributed by atoms with Crippen molar-refractivity contribution < 1.29 is 9.84 Å². The quantitative estimate of drug-likeness (QED) is 0.911. The average Bonchev–Trinajstić information content (AvgIpc) is 2.68. The van der Waals surface area contributed by atoms with Gasteiger partial charge in [-0.05, 0) is 34.1 Å². The van der Waals surface area contributed by atoms with Gasteiger partial charge < -0.3 is 14.4 Å². The third kappa shape index (κ3) is 2.70. The van der Waals surface area contributed by atoms with E-state index in [1.54, 1.807) is 0 Å². The van der Waals surface area contributed by atoms with Crippen molar-refractivity contribution in [1.82, 2.24) is 9.55 Å². The van der Waals surface area contributed by atoms with Gasteiger partial charge in [-0.25, -0.2) is 4.98 Å². The second kappa shape index (κ2) is 4.60. The minimum atomic E-state index is -0.868. The lowest BCUT2D eigenvalue weighted by Gasteiger charge is -2.34. The van der Waals surface area contributed by atoms with Crippen molar-refractivity contribution in [2.45, 2.75) is 77.2 Å². The molecule has 0 spiro atoms. The van der Waals surface area contributed by atoms with E-state index >= 15 is 0 Å². The Morgan fingerprint density at radius 1 is 1.37 bits per heavy atom. The Hall–Kier alpha value is -0.870. The third-order valence-corrected chi connectivity index (χ3v) is 4.09. The summed E-state index contributed by atoms with van der Waals surface area (Å²) in [6.07, 6.45) is 6.02. The number of ether oxygens (including phenoxy) is 1. The molecule has 0 aliphatic carbocycles. The summed E-state index contributed by atoms with van der Waals surface area (Å²) in [6, 6.07) is 0. The zero-order chi connectivity index (χ0) is 14.3. The van der Waals surface area contributed by atoms with Crippen molar-refractivity contribution >= 4 is 0 Å². The van der Waals surface area contributed by atoms with Crippen molar-refractivity contribution in [3.05, 3.63) is 18.2 Å². The summed E-state index contributed by atoms with van der Waals surface area (Å²) in [7, 11) is 0. The van der Waals surface area contributed by atoms with Crippen molar-refractivity contribution in [2.75, 3.05) is 0 Å². The first-order chi connectivity index (χ1) is 8.69. The van der Waals surface area contributed by atoms with Crippen LogP contribution < -0.4 is 0 Å². The van der Waals surface area contributed by atoms with Crippen LogP contribution in [-0.4, -0.2) is 31.5 Å². The Morgan fingerprint density at radius 2 is 2.05 bits per heavy atom. The number of aliphatic hydroxyl groups is 1. The molecule has 1 aliphatic heterocycles. The van der Waals surface area contributed by atoms with E-state index in [1.165, 1.54) is 0 Å². The molecule has 4 nitrogen and oxygen atoms in total. The summed E-state index contributed by atoms with van der Waals surface area (Å²) in [4.78, 5) is 4.40. The summed E-state index contributed by atoms with van der Waals surface area (Å²) in [6.45, 7) is 11.1. The molecule has 4 heteroatoms. The first-order valence-electron chi connectivity index (χ1n) is 7.12. The molecule has 0 saturated carbocycles. The largest absolute Gasteiger partial charge is 0.386 e. The zero-order valence-corrected chi connectivity index (χ0v) is 12.7. The number of rotatable bonds is 4. The third-order valence-electron chi connectivity index (χ3n) is 4.09. The SMILES string of the molecule is CCCn1ccnc1CC1(O)CC(C)(C)OC1(C)C.